The maximum absolute atomic E-state index is 14.8. The Morgan fingerprint density at radius 3 is 1.52 bits per heavy atom. The number of carboxylic acid groups (broad SMARTS) is 2. The highest BCUT2D eigenvalue weighted by atomic mass is 35.5. The third kappa shape index (κ3) is 10.8. The van der Waals surface area contributed by atoms with Crippen LogP contribution in [0.25, 0.3) is 22.3 Å². The highest BCUT2D eigenvalue weighted by Gasteiger charge is 2.28. The zero-order valence-electron chi connectivity index (χ0n) is 31.5. The normalized spacial score (nSPS) is 11.7. The Balaban J connectivity index is 0.000000207. The Hall–Kier alpha value is -7.17. The second-order valence-electron chi connectivity index (χ2n) is 13.0. The molecule has 0 saturated heterocycles. The molecule has 0 spiro atoms. The van der Waals surface area contributed by atoms with E-state index in [9.17, 15) is 51.3 Å². The van der Waals surface area contributed by atoms with E-state index in [-0.39, 0.29) is 55.0 Å². The van der Waals surface area contributed by atoms with E-state index in [2.05, 4.69) is 10.6 Å². The number of carbonyl (C=O) groups excluding carboxylic acids is 2. The van der Waals surface area contributed by atoms with Crippen molar-refractivity contribution < 1.29 is 65.6 Å². The summed E-state index contributed by atoms with van der Waals surface area (Å²) in [5.41, 5.74) is 0.355. The number of aromatic carboxylic acids is 2. The van der Waals surface area contributed by atoms with Crippen molar-refractivity contribution in [1.29, 1.82) is 0 Å². The van der Waals surface area contributed by atoms with Gasteiger partial charge in [0.25, 0.3) is 11.8 Å². The Labute approximate surface area is 358 Å². The molecule has 6 aromatic rings. The molecule has 11 nitrogen and oxygen atoms in total. The van der Waals surface area contributed by atoms with Crippen molar-refractivity contribution in [2.45, 2.75) is 6.18 Å². The van der Waals surface area contributed by atoms with Crippen LogP contribution < -0.4 is 24.8 Å². The summed E-state index contributed by atoms with van der Waals surface area (Å²) in [4.78, 5) is 47.6. The van der Waals surface area contributed by atoms with Gasteiger partial charge in [-0.25, -0.2) is 18.4 Å². The molecule has 2 amide bonds. The van der Waals surface area contributed by atoms with E-state index in [0.717, 1.165) is 6.07 Å². The third-order valence-electron chi connectivity index (χ3n) is 8.81. The Morgan fingerprint density at radius 2 is 1.05 bits per heavy atom. The van der Waals surface area contributed by atoms with Crippen molar-refractivity contribution in [2.24, 2.45) is 0 Å². The first kappa shape index (κ1) is 44.4. The van der Waals surface area contributed by atoms with E-state index in [1.54, 1.807) is 18.2 Å². The number of fused-ring (bicyclic) bond motifs is 1. The number of benzene rings is 6. The number of hydrogen-bond acceptors (Lipinski definition) is 7. The van der Waals surface area contributed by atoms with Crippen LogP contribution >= 0.6 is 23.2 Å². The minimum atomic E-state index is -4.51. The Kier molecular flexibility index (Phi) is 13.6. The molecule has 1 heterocycles. The van der Waals surface area contributed by atoms with Gasteiger partial charge >= 0.3 is 18.1 Å². The molecule has 7 rings (SSSR count). The summed E-state index contributed by atoms with van der Waals surface area (Å²) in [6.07, 6.45) is -4.51. The van der Waals surface area contributed by atoms with Gasteiger partial charge in [-0.2, -0.15) is 13.2 Å². The second-order valence-corrected chi connectivity index (χ2v) is 13.8. The van der Waals surface area contributed by atoms with Gasteiger partial charge in [0.2, 0.25) is 0 Å². The molecule has 4 N–H and O–H groups in total. The van der Waals surface area contributed by atoms with Crippen LogP contribution in [0.3, 0.4) is 0 Å². The molecule has 1 aliphatic rings. The first-order valence-electron chi connectivity index (χ1n) is 17.9. The lowest BCUT2D eigenvalue weighted by Gasteiger charge is -2.19. The molecule has 0 atom stereocenters. The third-order valence-corrected chi connectivity index (χ3v) is 9.41. The quantitative estimate of drug-likeness (QED) is 0.0981. The minimum Gasteiger partial charge on any atom is -0.486 e. The van der Waals surface area contributed by atoms with Gasteiger partial charge in [0.1, 0.15) is 30.6 Å². The maximum atomic E-state index is 14.8. The monoisotopic (exact) mass is 894 g/mol. The van der Waals surface area contributed by atoms with Crippen LogP contribution in [0.1, 0.15) is 41.4 Å². The molecular weight excluding hydrogens is 866 g/mol. The largest absolute Gasteiger partial charge is 0.486 e. The molecule has 18 heteroatoms. The first-order chi connectivity index (χ1) is 29.5. The summed E-state index contributed by atoms with van der Waals surface area (Å²) >= 11 is 12.4. The number of hydrogen-bond donors (Lipinski definition) is 4. The van der Waals surface area contributed by atoms with E-state index in [0.29, 0.717) is 41.4 Å². The van der Waals surface area contributed by atoms with Gasteiger partial charge in [-0.3, -0.25) is 9.59 Å². The predicted octanol–water partition coefficient (Wildman–Crippen LogP) is 10.9. The molecule has 0 fully saturated rings. The summed E-state index contributed by atoms with van der Waals surface area (Å²) in [6.45, 7) is -0.588. The van der Waals surface area contributed by atoms with Crippen molar-refractivity contribution in [2.75, 3.05) is 30.5 Å². The van der Waals surface area contributed by atoms with Gasteiger partial charge in [0.15, 0.2) is 18.1 Å². The van der Waals surface area contributed by atoms with Crippen LogP contribution in [0.2, 0.25) is 10.0 Å². The summed E-state index contributed by atoms with van der Waals surface area (Å²) in [5.74, 6) is -4.83. The fourth-order valence-electron chi connectivity index (χ4n) is 5.97. The zero-order valence-corrected chi connectivity index (χ0v) is 33.0. The second kappa shape index (κ2) is 19.0. The zero-order chi connectivity index (χ0) is 44.7. The summed E-state index contributed by atoms with van der Waals surface area (Å²) < 4.78 is 82.3. The van der Waals surface area contributed by atoms with Gasteiger partial charge in [0.05, 0.1) is 43.7 Å². The van der Waals surface area contributed by atoms with Gasteiger partial charge in [-0.05, 0) is 95.1 Å². The minimum absolute atomic E-state index is 0.0268. The molecule has 6 aromatic carbocycles. The summed E-state index contributed by atoms with van der Waals surface area (Å²) in [6, 6.07) is 26.9. The fraction of sp³-hybridized carbons (Fsp3) is 0.0909. The lowest BCUT2D eigenvalue weighted by Crippen LogP contribution is -2.19. The first-order valence-corrected chi connectivity index (χ1v) is 18.7. The number of ether oxygens (including phenoxy) is 3. The highest BCUT2D eigenvalue weighted by molar-refractivity contribution is 6.35. The van der Waals surface area contributed by atoms with Crippen molar-refractivity contribution >= 4 is 58.3 Å². The van der Waals surface area contributed by atoms with E-state index in [1.165, 1.54) is 91.0 Å². The molecule has 0 radical (unpaired) electrons. The number of carboxylic acids is 2. The average Bonchev–Trinajstić information content (AvgIpc) is 3.25. The molecule has 0 saturated carbocycles. The fourth-order valence-corrected chi connectivity index (χ4v) is 6.48. The molecule has 1 aliphatic heterocycles. The van der Waals surface area contributed by atoms with Crippen molar-refractivity contribution in [1.82, 2.24) is 0 Å². The number of anilines is 2. The van der Waals surface area contributed by atoms with Crippen LogP contribution in [0.15, 0.2) is 115 Å². The van der Waals surface area contributed by atoms with Crippen LogP contribution in [-0.2, 0) is 0 Å². The number of carbonyl (C=O) groups is 4. The van der Waals surface area contributed by atoms with E-state index >= 15 is 0 Å². The number of rotatable bonds is 10. The lowest BCUT2D eigenvalue weighted by molar-refractivity contribution is -0.153. The molecule has 0 aromatic heterocycles. The smallest absolute Gasteiger partial charge is 0.422 e. The van der Waals surface area contributed by atoms with Crippen LogP contribution in [-0.4, -0.2) is 60.0 Å². The molecule has 0 unspecified atom stereocenters. The molecule has 0 bridgehead atoms. The molecule has 0 aliphatic carbocycles. The molecule has 62 heavy (non-hydrogen) atoms. The number of alkyl halides is 3. The number of amides is 2. The molecular formula is C44H29Cl2F5N2O9. The van der Waals surface area contributed by atoms with Gasteiger partial charge in [-0.1, -0.05) is 65.7 Å². The van der Waals surface area contributed by atoms with E-state index < -0.39 is 48.2 Å². The van der Waals surface area contributed by atoms with E-state index in [1.807, 2.05) is 0 Å². The SMILES string of the molecule is O=C(O)c1ccccc1C(=O)Nc1c(F)cc(-c2ccc3c(c2)OCCO3)cc1Cl.O=C(O)c1ccccc1C(=O)Nc1c(F)cc(-c2cccc(OCC(F)(F)F)c2)cc1Cl. The van der Waals surface area contributed by atoms with Crippen LogP contribution in [0.5, 0.6) is 17.2 Å². The summed E-state index contributed by atoms with van der Waals surface area (Å²) in [5, 5.41) is 22.8. The van der Waals surface area contributed by atoms with Gasteiger partial charge in [-0.15, -0.1) is 0 Å². The van der Waals surface area contributed by atoms with Crippen LogP contribution in [0.4, 0.5) is 33.3 Å². The standard InChI is InChI=1S/C22H14ClF4NO4.C22H15ClFNO5/c23-17-9-13(12-4-3-5-14(8-12)32-11-22(25,26)27)10-18(24)19(17)28-20(29)15-6-1-2-7-16(15)21(30)31;23-16-9-13(12-5-6-18-19(11-12)30-8-7-29-18)10-17(24)20(16)25-21(26)14-3-1-2-4-15(14)22(27)28/h1-10H,11H2,(H,28,29)(H,30,31);1-6,9-11H,7-8H2,(H,25,26)(H,27,28). The maximum Gasteiger partial charge on any atom is 0.422 e. The number of nitrogens with one attached hydrogen (secondary N) is 2. The van der Waals surface area contributed by atoms with E-state index in [4.69, 9.17) is 37.4 Å². The lowest BCUT2D eigenvalue weighted by atomic mass is 10.0. The topological polar surface area (TPSA) is 160 Å². The number of halogens is 7. The van der Waals surface area contributed by atoms with Crippen molar-refractivity contribution in [3.63, 3.8) is 0 Å². The Bertz CT molecular complexity index is 2670. The van der Waals surface area contributed by atoms with Gasteiger partial charge in [0, 0.05) is 0 Å². The average molecular weight is 896 g/mol. The van der Waals surface area contributed by atoms with Crippen molar-refractivity contribution in [3.8, 4) is 39.5 Å². The molecule has 318 valence electrons. The summed E-state index contributed by atoms with van der Waals surface area (Å²) in [7, 11) is 0. The predicted molar refractivity (Wildman–Crippen MR) is 219 cm³/mol. The van der Waals surface area contributed by atoms with Gasteiger partial charge < -0.3 is 35.1 Å². The Morgan fingerprint density at radius 1 is 0.581 bits per heavy atom. The highest BCUT2D eigenvalue weighted by Crippen LogP contribution is 2.38. The van der Waals surface area contributed by atoms with Crippen LogP contribution in [0, 0.1) is 11.6 Å². The van der Waals surface area contributed by atoms with Crippen molar-refractivity contribution in [3.05, 3.63) is 159 Å².